The Morgan fingerprint density at radius 3 is 2.50 bits per heavy atom. The van der Waals surface area contributed by atoms with E-state index in [0.29, 0.717) is 22.2 Å². The molecule has 5 rings (SSSR count). The number of benzene rings is 2. The predicted molar refractivity (Wildman–Crippen MR) is 123 cm³/mol. The number of hydrogen-bond donors (Lipinski definition) is 0. The summed E-state index contributed by atoms with van der Waals surface area (Å²) in [6.45, 7) is 6.11. The number of halogens is 1. The van der Waals surface area contributed by atoms with Gasteiger partial charge in [0, 0.05) is 16.2 Å². The van der Waals surface area contributed by atoms with E-state index in [4.69, 9.17) is 15.0 Å². The van der Waals surface area contributed by atoms with Crippen LogP contribution in [0.3, 0.4) is 0 Å². The SMILES string of the molecule is CCC(C)n1cnc2c(c1=O)c1nc3ccccc3nc1n2-c1ccc(Br)c(C)c1. The molecule has 5 aromatic rings. The average molecular weight is 462 g/mol. The number of aryl methyl sites for hydroxylation is 1. The van der Waals surface area contributed by atoms with Crippen molar-refractivity contribution in [1.29, 1.82) is 0 Å². The molecule has 0 aliphatic heterocycles. The monoisotopic (exact) mass is 461 g/mol. The number of rotatable bonds is 3. The Hall–Kier alpha value is -3.06. The number of nitrogens with zero attached hydrogens (tertiary/aromatic N) is 5. The Morgan fingerprint density at radius 1 is 1.07 bits per heavy atom. The third-order valence-corrected chi connectivity index (χ3v) is 6.54. The van der Waals surface area contributed by atoms with Crippen molar-refractivity contribution >= 4 is 49.2 Å². The highest BCUT2D eigenvalue weighted by Crippen LogP contribution is 2.30. The highest BCUT2D eigenvalue weighted by molar-refractivity contribution is 9.10. The molecule has 150 valence electrons. The van der Waals surface area contributed by atoms with Crippen LogP contribution >= 0.6 is 15.9 Å². The number of hydrogen-bond acceptors (Lipinski definition) is 4. The molecular weight excluding hydrogens is 442 g/mol. The largest absolute Gasteiger partial charge is 0.296 e. The van der Waals surface area contributed by atoms with Gasteiger partial charge < -0.3 is 0 Å². The van der Waals surface area contributed by atoms with Crippen molar-refractivity contribution in [1.82, 2.24) is 24.1 Å². The first-order valence-corrected chi connectivity index (χ1v) is 10.7. The van der Waals surface area contributed by atoms with Crippen molar-refractivity contribution in [2.45, 2.75) is 33.2 Å². The second-order valence-corrected chi connectivity index (χ2v) is 8.42. The molecule has 0 saturated carbocycles. The molecule has 2 aromatic carbocycles. The molecule has 0 radical (unpaired) electrons. The van der Waals surface area contributed by atoms with Crippen LogP contribution in [0, 0.1) is 6.92 Å². The molecule has 0 fully saturated rings. The molecule has 0 saturated heterocycles. The summed E-state index contributed by atoms with van der Waals surface area (Å²) < 4.78 is 4.65. The van der Waals surface area contributed by atoms with Gasteiger partial charge in [0.2, 0.25) is 0 Å². The lowest BCUT2D eigenvalue weighted by Crippen LogP contribution is -2.23. The van der Waals surface area contributed by atoms with E-state index in [-0.39, 0.29) is 11.6 Å². The van der Waals surface area contributed by atoms with Gasteiger partial charge in [-0.15, -0.1) is 0 Å². The van der Waals surface area contributed by atoms with Crippen LogP contribution in [0.1, 0.15) is 31.9 Å². The summed E-state index contributed by atoms with van der Waals surface area (Å²) in [5.74, 6) is 0. The zero-order chi connectivity index (χ0) is 21.0. The highest BCUT2D eigenvalue weighted by Gasteiger charge is 2.22. The molecule has 0 bridgehead atoms. The van der Waals surface area contributed by atoms with Crippen molar-refractivity contribution in [2.75, 3.05) is 0 Å². The van der Waals surface area contributed by atoms with Gasteiger partial charge in [0.25, 0.3) is 5.56 Å². The van der Waals surface area contributed by atoms with E-state index in [1.165, 1.54) is 0 Å². The highest BCUT2D eigenvalue weighted by atomic mass is 79.9. The summed E-state index contributed by atoms with van der Waals surface area (Å²) in [5, 5.41) is 0.506. The quantitative estimate of drug-likeness (QED) is 0.364. The summed E-state index contributed by atoms with van der Waals surface area (Å²) in [6, 6.07) is 13.8. The summed E-state index contributed by atoms with van der Waals surface area (Å²) in [7, 11) is 0. The van der Waals surface area contributed by atoms with Crippen LogP contribution in [0.4, 0.5) is 0 Å². The molecule has 1 atom stereocenters. The number of fused-ring (bicyclic) bond motifs is 4. The first kappa shape index (κ1) is 18.9. The first-order chi connectivity index (χ1) is 14.5. The van der Waals surface area contributed by atoms with E-state index in [1.54, 1.807) is 10.9 Å². The van der Waals surface area contributed by atoms with Gasteiger partial charge in [-0.3, -0.25) is 13.9 Å². The van der Waals surface area contributed by atoms with Crippen molar-refractivity contribution in [2.24, 2.45) is 0 Å². The van der Waals surface area contributed by atoms with Crippen molar-refractivity contribution < 1.29 is 0 Å². The molecule has 3 aromatic heterocycles. The Labute approximate surface area is 181 Å². The van der Waals surface area contributed by atoms with Crippen LogP contribution in [0.2, 0.25) is 0 Å². The molecule has 0 aliphatic rings. The molecule has 3 heterocycles. The minimum atomic E-state index is -0.0866. The van der Waals surface area contributed by atoms with Gasteiger partial charge in [0.1, 0.15) is 17.2 Å². The zero-order valence-corrected chi connectivity index (χ0v) is 18.5. The smallest absolute Gasteiger partial charge is 0.265 e. The van der Waals surface area contributed by atoms with E-state index in [9.17, 15) is 4.79 Å². The summed E-state index contributed by atoms with van der Waals surface area (Å²) >= 11 is 3.56. The number of aromatic nitrogens is 5. The van der Waals surface area contributed by atoms with E-state index in [2.05, 4.69) is 28.9 Å². The maximum atomic E-state index is 13.5. The Balaban J connectivity index is 1.98. The van der Waals surface area contributed by atoms with Crippen LogP contribution in [-0.4, -0.2) is 24.1 Å². The first-order valence-electron chi connectivity index (χ1n) is 9.94. The Kier molecular flexibility index (Phi) is 4.43. The summed E-state index contributed by atoms with van der Waals surface area (Å²) in [4.78, 5) is 27.9. The second-order valence-electron chi connectivity index (χ2n) is 7.57. The molecule has 6 nitrogen and oxygen atoms in total. The van der Waals surface area contributed by atoms with Crippen LogP contribution in [-0.2, 0) is 0 Å². The second kappa shape index (κ2) is 7.02. The summed E-state index contributed by atoms with van der Waals surface area (Å²) in [5.41, 5.74) is 5.23. The van der Waals surface area contributed by atoms with Gasteiger partial charge in [0.15, 0.2) is 11.3 Å². The fourth-order valence-electron chi connectivity index (χ4n) is 3.77. The molecule has 7 heteroatoms. The van der Waals surface area contributed by atoms with Gasteiger partial charge in [-0.05, 0) is 56.2 Å². The molecule has 0 aliphatic carbocycles. The number of para-hydroxylation sites is 2. The van der Waals surface area contributed by atoms with Gasteiger partial charge in [-0.25, -0.2) is 15.0 Å². The molecular formula is C23H20BrN5O. The average Bonchev–Trinajstić information content (AvgIpc) is 3.07. The van der Waals surface area contributed by atoms with E-state index in [0.717, 1.165) is 33.2 Å². The third-order valence-electron chi connectivity index (χ3n) is 5.65. The lowest BCUT2D eigenvalue weighted by atomic mass is 10.2. The minimum absolute atomic E-state index is 0.0520. The van der Waals surface area contributed by atoms with E-state index >= 15 is 0 Å². The van der Waals surface area contributed by atoms with E-state index < -0.39 is 0 Å². The minimum Gasteiger partial charge on any atom is -0.296 e. The third kappa shape index (κ3) is 2.76. The van der Waals surface area contributed by atoms with Crippen LogP contribution in [0.5, 0.6) is 0 Å². The lowest BCUT2D eigenvalue weighted by Gasteiger charge is -2.12. The van der Waals surface area contributed by atoms with Crippen LogP contribution < -0.4 is 5.56 Å². The van der Waals surface area contributed by atoms with Gasteiger partial charge in [0.05, 0.1) is 11.0 Å². The Bertz CT molecular complexity index is 1500. The van der Waals surface area contributed by atoms with Gasteiger partial charge >= 0.3 is 0 Å². The topological polar surface area (TPSA) is 65.6 Å². The predicted octanol–water partition coefficient (Wildman–Crippen LogP) is 5.33. The molecule has 30 heavy (non-hydrogen) atoms. The molecule has 0 N–H and O–H groups in total. The summed E-state index contributed by atoms with van der Waals surface area (Å²) in [6.07, 6.45) is 2.48. The Morgan fingerprint density at radius 2 is 1.80 bits per heavy atom. The van der Waals surface area contributed by atoms with Crippen LogP contribution in [0.25, 0.3) is 38.9 Å². The van der Waals surface area contributed by atoms with E-state index in [1.807, 2.05) is 54.8 Å². The fourth-order valence-corrected chi connectivity index (χ4v) is 4.02. The van der Waals surface area contributed by atoms with Crippen molar-refractivity contribution in [3.63, 3.8) is 0 Å². The fraction of sp³-hybridized carbons (Fsp3) is 0.217. The maximum absolute atomic E-state index is 13.5. The van der Waals surface area contributed by atoms with Crippen molar-refractivity contribution in [3.05, 3.63) is 69.2 Å². The maximum Gasteiger partial charge on any atom is 0.265 e. The van der Waals surface area contributed by atoms with Gasteiger partial charge in [-0.1, -0.05) is 35.0 Å². The lowest BCUT2D eigenvalue weighted by molar-refractivity contribution is 0.510. The van der Waals surface area contributed by atoms with Crippen LogP contribution in [0.15, 0.2) is 58.1 Å². The van der Waals surface area contributed by atoms with Gasteiger partial charge in [-0.2, -0.15) is 0 Å². The zero-order valence-electron chi connectivity index (χ0n) is 16.9. The molecule has 0 spiro atoms. The molecule has 0 amide bonds. The standard InChI is InChI=1S/C23H20BrN5O/c1-4-14(3)28-12-25-21-19(23(28)30)20-22(27-18-8-6-5-7-17(18)26-20)29(21)15-9-10-16(24)13(2)11-15/h5-12,14H,4H2,1-3H3. The molecule has 1 unspecified atom stereocenters. The normalized spacial score (nSPS) is 12.8. The van der Waals surface area contributed by atoms with Crippen molar-refractivity contribution in [3.8, 4) is 5.69 Å².